The summed E-state index contributed by atoms with van der Waals surface area (Å²) in [5.41, 5.74) is 0.613. The Hall–Kier alpha value is -1.92. The number of benzene rings is 1. The largest absolute Gasteiger partial charge is 0.544 e. The van der Waals surface area contributed by atoms with Crippen LogP contribution in [-0.4, -0.2) is 36.2 Å². The Morgan fingerprint density at radius 3 is 2.56 bits per heavy atom. The number of nitrogens with two attached hydrogens (primary N) is 1. The van der Waals surface area contributed by atoms with Crippen LogP contribution in [-0.2, 0) is 9.59 Å². The minimum atomic E-state index is -1.31. The number of aliphatic hydroxyl groups excluding tert-OH is 1. The first-order valence-electron chi connectivity index (χ1n) is 5.63. The summed E-state index contributed by atoms with van der Waals surface area (Å²) in [7, 11) is 0. The number of nitrogens with one attached hydrogen (secondary N) is 1. The molecule has 6 heteroatoms. The molecule has 0 spiro atoms. The average molecular weight is 252 g/mol. The fourth-order valence-corrected chi connectivity index (χ4v) is 1.47. The first-order valence-corrected chi connectivity index (χ1v) is 5.63. The number of hydrogen-bond acceptors (Lipinski definition) is 4. The zero-order valence-corrected chi connectivity index (χ0v) is 9.83. The van der Waals surface area contributed by atoms with Crippen molar-refractivity contribution in [3.63, 3.8) is 0 Å². The summed E-state index contributed by atoms with van der Waals surface area (Å²) in [5, 5.41) is 23.4. The molecule has 0 saturated heterocycles. The lowest BCUT2D eigenvalue weighted by Gasteiger charge is -2.15. The lowest BCUT2D eigenvalue weighted by Crippen LogP contribution is -2.94. The summed E-state index contributed by atoms with van der Waals surface area (Å²) in [6, 6.07) is 7.79. The molecule has 0 aliphatic rings. The van der Waals surface area contributed by atoms with E-state index in [9.17, 15) is 14.7 Å². The van der Waals surface area contributed by atoms with E-state index in [0.717, 1.165) is 0 Å². The van der Waals surface area contributed by atoms with Crippen molar-refractivity contribution < 1.29 is 25.1 Å². The molecular formula is C12H16N2O4. The van der Waals surface area contributed by atoms with Crippen LogP contribution >= 0.6 is 0 Å². The van der Waals surface area contributed by atoms with Gasteiger partial charge in [0.2, 0.25) is 5.91 Å². The summed E-state index contributed by atoms with van der Waals surface area (Å²) in [6.45, 7) is 0.0708. The van der Waals surface area contributed by atoms with Crippen LogP contribution in [0.5, 0.6) is 0 Å². The maximum atomic E-state index is 11.6. The van der Waals surface area contributed by atoms with Gasteiger partial charge in [0, 0.05) is 5.69 Å². The molecule has 0 aromatic heterocycles. The van der Waals surface area contributed by atoms with E-state index in [4.69, 9.17) is 5.11 Å². The number of anilines is 1. The number of para-hydroxylation sites is 1. The van der Waals surface area contributed by atoms with Gasteiger partial charge in [-0.05, 0) is 12.1 Å². The summed E-state index contributed by atoms with van der Waals surface area (Å²) in [6.07, 6.45) is -0.197. The first-order chi connectivity index (χ1) is 8.63. The predicted octanol–water partition coefficient (Wildman–Crippen LogP) is -2.31. The van der Waals surface area contributed by atoms with Gasteiger partial charge in [0.1, 0.15) is 6.04 Å². The van der Waals surface area contributed by atoms with E-state index < -0.39 is 17.9 Å². The normalized spacial score (nSPS) is 11.8. The van der Waals surface area contributed by atoms with Crippen LogP contribution in [0.25, 0.3) is 0 Å². The summed E-state index contributed by atoms with van der Waals surface area (Å²) < 4.78 is 0. The molecule has 0 aliphatic carbocycles. The number of rotatable bonds is 7. The third-order valence-corrected chi connectivity index (χ3v) is 2.35. The maximum Gasteiger partial charge on any atom is 0.230 e. The molecule has 0 radical (unpaired) electrons. The van der Waals surface area contributed by atoms with E-state index in [1.54, 1.807) is 24.3 Å². The Morgan fingerprint density at radius 1 is 1.33 bits per heavy atom. The van der Waals surface area contributed by atoms with Gasteiger partial charge >= 0.3 is 0 Å². The lowest BCUT2D eigenvalue weighted by molar-refractivity contribution is -0.683. The topological polar surface area (TPSA) is 106 Å². The molecule has 0 bridgehead atoms. The van der Waals surface area contributed by atoms with Gasteiger partial charge < -0.3 is 25.6 Å². The van der Waals surface area contributed by atoms with Crippen molar-refractivity contribution in [3.8, 4) is 0 Å². The van der Waals surface area contributed by atoms with Gasteiger partial charge in [-0.2, -0.15) is 0 Å². The predicted molar refractivity (Wildman–Crippen MR) is 62.4 cm³/mol. The maximum absolute atomic E-state index is 11.6. The zero-order chi connectivity index (χ0) is 13.4. The minimum Gasteiger partial charge on any atom is -0.544 e. The molecule has 1 atom stereocenters. The number of carboxylic acids is 1. The van der Waals surface area contributed by atoms with Crippen LogP contribution in [0.15, 0.2) is 30.3 Å². The molecule has 1 rings (SSSR count). The van der Waals surface area contributed by atoms with Crippen LogP contribution in [0.1, 0.15) is 6.42 Å². The molecule has 0 heterocycles. The van der Waals surface area contributed by atoms with Crippen molar-refractivity contribution in [1.29, 1.82) is 0 Å². The highest BCUT2D eigenvalue weighted by atomic mass is 16.4. The molecule has 6 nitrogen and oxygen atoms in total. The standard InChI is InChI=1S/C12H16N2O4/c15-7-6-13-10(12(17)18)8-11(16)14-9-4-2-1-3-5-9/h1-5,10,13,15H,6-8H2,(H,14,16)(H,17,18)/t10-/m1/s1. The highest BCUT2D eigenvalue weighted by Gasteiger charge is 2.17. The van der Waals surface area contributed by atoms with Crippen LogP contribution in [0.3, 0.4) is 0 Å². The molecule has 98 valence electrons. The van der Waals surface area contributed by atoms with E-state index in [2.05, 4.69) is 5.32 Å². The Labute approximate surface area is 105 Å². The van der Waals surface area contributed by atoms with Crippen molar-refractivity contribution in [2.24, 2.45) is 0 Å². The molecule has 4 N–H and O–H groups in total. The van der Waals surface area contributed by atoms with Gasteiger partial charge in [-0.15, -0.1) is 0 Å². The molecule has 0 fully saturated rings. The van der Waals surface area contributed by atoms with E-state index in [1.165, 1.54) is 5.32 Å². The molecule has 18 heavy (non-hydrogen) atoms. The molecule has 1 amide bonds. The van der Waals surface area contributed by atoms with E-state index in [1.807, 2.05) is 6.07 Å². The molecule has 0 saturated carbocycles. The average Bonchev–Trinajstić information content (AvgIpc) is 2.35. The number of hydrogen-bond donors (Lipinski definition) is 3. The molecule has 0 aliphatic heterocycles. The second-order valence-electron chi connectivity index (χ2n) is 3.79. The zero-order valence-electron chi connectivity index (χ0n) is 9.83. The van der Waals surface area contributed by atoms with Gasteiger partial charge in [-0.25, -0.2) is 0 Å². The number of carbonyl (C=O) groups excluding carboxylic acids is 2. The van der Waals surface area contributed by atoms with Crippen molar-refractivity contribution in [2.45, 2.75) is 12.5 Å². The van der Waals surface area contributed by atoms with Crippen molar-refractivity contribution in [1.82, 2.24) is 0 Å². The lowest BCUT2D eigenvalue weighted by atomic mass is 10.2. The van der Waals surface area contributed by atoms with E-state index in [-0.39, 0.29) is 19.6 Å². The van der Waals surface area contributed by atoms with Crippen LogP contribution < -0.4 is 15.7 Å². The Morgan fingerprint density at radius 2 is 2.00 bits per heavy atom. The number of quaternary nitrogens is 1. The monoisotopic (exact) mass is 252 g/mol. The second kappa shape index (κ2) is 7.41. The van der Waals surface area contributed by atoms with E-state index in [0.29, 0.717) is 5.69 Å². The number of amides is 1. The number of carbonyl (C=O) groups is 2. The van der Waals surface area contributed by atoms with Crippen molar-refractivity contribution >= 4 is 17.6 Å². The van der Waals surface area contributed by atoms with Gasteiger partial charge in [0.05, 0.1) is 25.5 Å². The summed E-state index contributed by atoms with van der Waals surface area (Å²) >= 11 is 0. The summed E-state index contributed by atoms with van der Waals surface area (Å²) in [4.78, 5) is 22.4. The van der Waals surface area contributed by atoms with E-state index >= 15 is 0 Å². The molecule has 0 unspecified atom stereocenters. The number of aliphatic hydroxyl groups is 1. The quantitative estimate of drug-likeness (QED) is 0.507. The van der Waals surface area contributed by atoms with Gasteiger partial charge in [0.25, 0.3) is 0 Å². The van der Waals surface area contributed by atoms with Crippen molar-refractivity contribution in [3.05, 3.63) is 30.3 Å². The molecular weight excluding hydrogens is 236 g/mol. The smallest absolute Gasteiger partial charge is 0.230 e. The molecule has 1 aromatic carbocycles. The Kier molecular flexibility index (Phi) is 5.83. The Balaban J connectivity index is 2.48. The minimum absolute atomic E-state index is 0.149. The first kappa shape index (κ1) is 14.1. The number of carboxylic acid groups (broad SMARTS) is 1. The second-order valence-corrected chi connectivity index (χ2v) is 3.79. The highest BCUT2D eigenvalue weighted by molar-refractivity contribution is 5.93. The SMILES string of the molecule is O=C(C[C@@H]([NH2+]CCO)C(=O)[O-])Nc1ccccc1. The fourth-order valence-electron chi connectivity index (χ4n) is 1.47. The van der Waals surface area contributed by atoms with Gasteiger partial charge in [-0.3, -0.25) is 4.79 Å². The third kappa shape index (κ3) is 4.94. The Bertz CT molecular complexity index is 394. The molecule has 1 aromatic rings. The summed E-state index contributed by atoms with van der Waals surface area (Å²) in [5.74, 6) is -1.71. The van der Waals surface area contributed by atoms with Gasteiger partial charge in [-0.1, -0.05) is 18.2 Å². The number of aliphatic carboxylic acids is 1. The fraction of sp³-hybridized carbons (Fsp3) is 0.333. The third-order valence-electron chi connectivity index (χ3n) is 2.35. The van der Waals surface area contributed by atoms with Crippen LogP contribution in [0.4, 0.5) is 5.69 Å². The van der Waals surface area contributed by atoms with Crippen LogP contribution in [0, 0.1) is 0 Å². The van der Waals surface area contributed by atoms with Crippen LogP contribution in [0.2, 0.25) is 0 Å². The van der Waals surface area contributed by atoms with Crippen molar-refractivity contribution in [2.75, 3.05) is 18.5 Å². The highest BCUT2D eigenvalue weighted by Crippen LogP contribution is 2.05. The van der Waals surface area contributed by atoms with Gasteiger partial charge in [0.15, 0.2) is 0 Å².